The highest BCUT2D eigenvalue weighted by Gasteiger charge is 2.05. The molecule has 0 aliphatic rings. The van der Waals surface area contributed by atoms with Crippen LogP contribution in [0.4, 0.5) is 0 Å². The van der Waals surface area contributed by atoms with Crippen LogP contribution in [0.5, 0.6) is 0 Å². The zero-order chi connectivity index (χ0) is 10.6. The molecular formula is C9H11ClN2O2. The molecular weight excluding hydrogens is 204 g/mol. The van der Waals surface area contributed by atoms with Gasteiger partial charge in [-0.05, 0) is 13.0 Å². The van der Waals surface area contributed by atoms with Gasteiger partial charge in [0.05, 0.1) is 0 Å². The maximum Gasteiger partial charge on any atom is 0.251 e. The third kappa shape index (κ3) is 3.22. The summed E-state index contributed by atoms with van der Waals surface area (Å²) in [5.74, 6) is -0.288. The van der Waals surface area contributed by atoms with E-state index in [0.29, 0.717) is 12.1 Å². The minimum absolute atomic E-state index is 0.124. The minimum atomic E-state index is -0.295. The van der Waals surface area contributed by atoms with Gasteiger partial charge in [-0.2, -0.15) is 0 Å². The first-order valence-electron chi connectivity index (χ1n) is 4.20. The molecule has 4 nitrogen and oxygen atoms in total. The predicted molar refractivity (Wildman–Crippen MR) is 54.7 cm³/mol. The second-order valence-corrected chi connectivity index (χ2v) is 3.68. The Kier molecular flexibility index (Phi) is 3.71. The molecule has 1 atom stereocenters. The highest BCUT2D eigenvalue weighted by atomic mass is 35.5. The van der Waals surface area contributed by atoms with E-state index >= 15 is 0 Å². The van der Waals surface area contributed by atoms with Gasteiger partial charge in [0, 0.05) is 29.7 Å². The van der Waals surface area contributed by atoms with Crippen LogP contribution >= 0.6 is 11.6 Å². The smallest absolute Gasteiger partial charge is 0.251 e. The van der Waals surface area contributed by atoms with Gasteiger partial charge in [-0.25, -0.2) is 0 Å². The van der Waals surface area contributed by atoms with E-state index in [4.69, 9.17) is 11.6 Å². The lowest BCUT2D eigenvalue weighted by Gasteiger charge is -2.05. The molecule has 2 N–H and O–H groups in total. The quantitative estimate of drug-likeness (QED) is 0.729. The van der Waals surface area contributed by atoms with Crippen molar-refractivity contribution in [3.63, 3.8) is 0 Å². The summed E-state index contributed by atoms with van der Waals surface area (Å²) in [5.41, 5.74) is 0.0441. The van der Waals surface area contributed by atoms with Gasteiger partial charge in [0.2, 0.25) is 5.56 Å². The average Bonchev–Trinajstić information content (AvgIpc) is 2.14. The normalized spacial score (nSPS) is 12.1. The van der Waals surface area contributed by atoms with Gasteiger partial charge in [-0.1, -0.05) is 0 Å². The number of alkyl halides is 1. The van der Waals surface area contributed by atoms with Crippen molar-refractivity contribution < 1.29 is 4.79 Å². The second-order valence-electron chi connectivity index (χ2n) is 2.93. The van der Waals surface area contributed by atoms with Crippen LogP contribution in [0.3, 0.4) is 0 Å². The maximum absolute atomic E-state index is 11.4. The number of hydrogen-bond donors (Lipinski definition) is 2. The molecule has 0 aromatic carbocycles. The van der Waals surface area contributed by atoms with Crippen molar-refractivity contribution in [3.05, 3.63) is 34.2 Å². The van der Waals surface area contributed by atoms with E-state index < -0.39 is 0 Å². The highest BCUT2D eigenvalue weighted by Crippen LogP contribution is 1.94. The van der Waals surface area contributed by atoms with Crippen LogP contribution in [0.1, 0.15) is 17.3 Å². The summed E-state index contributed by atoms with van der Waals surface area (Å²) in [4.78, 5) is 24.7. The number of pyridine rings is 1. The van der Waals surface area contributed by atoms with Gasteiger partial charge in [0.15, 0.2) is 0 Å². The summed E-state index contributed by atoms with van der Waals surface area (Å²) in [6.07, 6.45) is 1.43. The van der Waals surface area contributed by atoms with Crippen LogP contribution in [-0.2, 0) is 0 Å². The van der Waals surface area contributed by atoms with Crippen LogP contribution in [0, 0.1) is 0 Å². The number of halogens is 1. The number of nitrogens with one attached hydrogen (secondary N) is 2. The third-order valence-corrected chi connectivity index (χ3v) is 1.74. The topological polar surface area (TPSA) is 62.0 Å². The number of aromatic nitrogens is 1. The molecule has 0 fully saturated rings. The summed E-state index contributed by atoms with van der Waals surface area (Å²) in [5, 5.41) is 2.48. The van der Waals surface area contributed by atoms with Crippen molar-refractivity contribution in [2.24, 2.45) is 0 Å². The summed E-state index contributed by atoms with van der Waals surface area (Å²) >= 11 is 5.66. The number of amides is 1. The first kappa shape index (κ1) is 10.8. The predicted octanol–water partition coefficient (Wildman–Crippen LogP) is 0.732. The van der Waals surface area contributed by atoms with E-state index in [-0.39, 0.29) is 16.8 Å². The fourth-order valence-corrected chi connectivity index (χ4v) is 0.998. The molecule has 76 valence electrons. The first-order chi connectivity index (χ1) is 6.59. The van der Waals surface area contributed by atoms with Crippen LogP contribution in [0.25, 0.3) is 0 Å². The molecule has 0 aliphatic heterocycles. The second kappa shape index (κ2) is 4.81. The van der Waals surface area contributed by atoms with Crippen LogP contribution in [0.15, 0.2) is 23.1 Å². The lowest BCUT2D eigenvalue weighted by Crippen LogP contribution is -2.29. The van der Waals surface area contributed by atoms with E-state index in [9.17, 15) is 9.59 Å². The number of rotatable bonds is 3. The van der Waals surface area contributed by atoms with Crippen molar-refractivity contribution in [1.29, 1.82) is 0 Å². The number of aromatic amines is 1. The van der Waals surface area contributed by atoms with Crippen molar-refractivity contribution in [3.8, 4) is 0 Å². The summed E-state index contributed by atoms with van der Waals surface area (Å²) < 4.78 is 0. The van der Waals surface area contributed by atoms with E-state index in [1.54, 1.807) is 6.92 Å². The standard InChI is InChI=1S/C9H11ClN2O2/c1-6(10)5-12-9(14)7-2-3-11-8(13)4-7/h2-4,6H,5H2,1H3,(H,11,13)(H,12,14). The Bertz CT molecular complexity index is 373. The Balaban J connectivity index is 2.65. The summed E-state index contributed by atoms with van der Waals surface area (Å²) in [6.45, 7) is 2.16. The monoisotopic (exact) mass is 214 g/mol. The number of carbonyl (C=O) groups excluding carboxylic acids is 1. The van der Waals surface area contributed by atoms with E-state index in [1.165, 1.54) is 18.3 Å². The number of carbonyl (C=O) groups is 1. The minimum Gasteiger partial charge on any atom is -0.351 e. The Labute approximate surface area is 86.3 Å². The summed E-state index contributed by atoms with van der Waals surface area (Å²) in [7, 11) is 0. The van der Waals surface area contributed by atoms with Crippen LogP contribution < -0.4 is 10.9 Å². The molecule has 0 saturated heterocycles. The van der Waals surface area contributed by atoms with Crippen LogP contribution in [-0.4, -0.2) is 22.8 Å². The molecule has 5 heteroatoms. The molecule has 1 rings (SSSR count). The lowest BCUT2D eigenvalue weighted by molar-refractivity contribution is 0.0953. The van der Waals surface area contributed by atoms with Gasteiger partial charge in [0.1, 0.15) is 0 Å². The van der Waals surface area contributed by atoms with Gasteiger partial charge in [-0.15, -0.1) is 11.6 Å². The number of hydrogen-bond acceptors (Lipinski definition) is 2. The van der Waals surface area contributed by atoms with Gasteiger partial charge >= 0.3 is 0 Å². The molecule has 14 heavy (non-hydrogen) atoms. The van der Waals surface area contributed by atoms with E-state index in [0.717, 1.165) is 0 Å². The Morgan fingerprint density at radius 3 is 3.00 bits per heavy atom. The highest BCUT2D eigenvalue weighted by molar-refractivity contribution is 6.20. The SMILES string of the molecule is CC(Cl)CNC(=O)c1cc[nH]c(=O)c1. The molecule has 0 spiro atoms. The van der Waals surface area contributed by atoms with Crippen molar-refractivity contribution >= 4 is 17.5 Å². The zero-order valence-corrected chi connectivity index (χ0v) is 8.47. The Hall–Kier alpha value is -1.29. The summed E-state index contributed by atoms with van der Waals surface area (Å²) in [6, 6.07) is 2.78. The largest absolute Gasteiger partial charge is 0.351 e. The molecule has 1 aromatic heterocycles. The van der Waals surface area contributed by atoms with Gasteiger partial charge in [0.25, 0.3) is 5.91 Å². The molecule has 0 radical (unpaired) electrons. The first-order valence-corrected chi connectivity index (χ1v) is 4.64. The maximum atomic E-state index is 11.4. The molecule has 0 aliphatic carbocycles. The molecule has 1 unspecified atom stereocenters. The zero-order valence-electron chi connectivity index (χ0n) is 7.71. The molecule has 1 amide bonds. The van der Waals surface area contributed by atoms with E-state index in [2.05, 4.69) is 10.3 Å². The fraction of sp³-hybridized carbons (Fsp3) is 0.333. The lowest BCUT2D eigenvalue weighted by atomic mass is 10.2. The van der Waals surface area contributed by atoms with E-state index in [1.807, 2.05) is 0 Å². The Morgan fingerprint density at radius 1 is 1.71 bits per heavy atom. The molecule has 0 saturated carbocycles. The van der Waals surface area contributed by atoms with Crippen molar-refractivity contribution in [2.45, 2.75) is 12.3 Å². The van der Waals surface area contributed by atoms with Crippen molar-refractivity contribution in [1.82, 2.24) is 10.3 Å². The Morgan fingerprint density at radius 2 is 2.43 bits per heavy atom. The third-order valence-electron chi connectivity index (χ3n) is 1.58. The van der Waals surface area contributed by atoms with Gasteiger partial charge in [-0.3, -0.25) is 9.59 Å². The molecule has 1 aromatic rings. The molecule has 1 heterocycles. The number of H-pyrrole nitrogens is 1. The average molecular weight is 215 g/mol. The van der Waals surface area contributed by atoms with Crippen molar-refractivity contribution in [2.75, 3.05) is 6.54 Å². The van der Waals surface area contributed by atoms with Crippen LogP contribution in [0.2, 0.25) is 0 Å². The van der Waals surface area contributed by atoms with Gasteiger partial charge < -0.3 is 10.3 Å². The molecule has 0 bridgehead atoms. The fourth-order valence-electron chi connectivity index (χ4n) is 0.921.